The Balaban J connectivity index is 1.86. The zero-order valence-electron chi connectivity index (χ0n) is 10.9. The monoisotopic (exact) mass is 272 g/mol. The molecule has 1 saturated heterocycles. The molecule has 2 heterocycles. The van der Waals surface area contributed by atoms with Gasteiger partial charge in [0.1, 0.15) is 0 Å². The van der Waals surface area contributed by atoms with Crippen LogP contribution in [0.5, 0.6) is 0 Å². The maximum absolute atomic E-state index is 12.2. The van der Waals surface area contributed by atoms with E-state index < -0.39 is 17.4 Å². The molecule has 2 amide bonds. The SMILES string of the molecule is NC(=O)[C@@H]1C[C@]2(CN1)CC(c1ccccc1)=NNC2=O. The van der Waals surface area contributed by atoms with Crippen molar-refractivity contribution in [1.29, 1.82) is 0 Å². The van der Waals surface area contributed by atoms with Gasteiger partial charge in [0.05, 0.1) is 17.2 Å². The fourth-order valence-corrected chi connectivity index (χ4v) is 2.84. The molecule has 4 N–H and O–H groups in total. The molecule has 0 aliphatic carbocycles. The van der Waals surface area contributed by atoms with Gasteiger partial charge in [-0.1, -0.05) is 30.3 Å². The van der Waals surface area contributed by atoms with E-state index in [9.17, 15) is 9.59 Å². The summed E-state index contributed by atoms with van der Waals surface area (Å²) < 4.78 is 0. The topological polar surface area (TPSA) is 96.6 Å². The third-order valence-corrected chi connectivity index (χ3v) is 4.01. The Hall–Kier alpha value is -2.21. The molecule has 20 heavy (non-hydrogen) atoms. The van der Waals surface area contributed by atoms with E-state index in [2.05, 4.69) is 15.8 Å². The van der Waals surface area contributed by atoms with Crippen LogP contribution in [0, 0.1) is 5.41 Å². The second-order valence-electron chi connectivity index (χ2n) is 5.36. The first-order chi connectivity index (χ1) is 9.61. The average molecular weight is 272 g/mol. The molecular weight excluding hydrogens is 256 g/mol. The molecule has 2 aliphatic rings. The highest BCUT2D eigenvalue weighted by atomic mass is 16.2. The molecule has 2 atom stereocenters. The van der Waals surface area contributed by atoms with Gasteiger partial charge in [-0.15, -0.1) is 0 Å². The van der Waals surface area contributed by atoms with Crippen LogP contribution in [-0.4, -0.2) is 30.1 Å². The van der Waals surface area contributed by atoms with Gasteiger partial charge in [0.15, 0.2) is 0 Å². The molecule has 6 nitrogen and oxygen atoms in total. The molecule has 0 unspecified atom stereocenters. The standard InChI is InChI=1S/C14H16N4O2/c15-12(19)11-7-14(8-16-11)6-10(17-18-13(14)20)9-4-2-1-3-5-9/h1-5,11,16H,6-8H2,(H2,15,19)(H,18,20)/t11-,14-/m0/s1. The highest BCUT2D eigenvalue weighted by molar-refractivity contribution is 6.06. The number of carbonyl (C=O) groups excluding carboxylic acids is 2. The summed E-state index contributed by atoms with van der Waals surface area (Å²) in [5.41, 5.74) is 9.07. The van der Waals surface area contributed by atoms with Gasteiger partial charge < -0.3 is 11.1 Å². The Bertz CT molecular complexity index is 584. The lowest BCUT2D eigenvalue weighted by Crippen LogP contribution is -2.46. The van der Waals surface area contributed by atoms with Gasteiger partial charge in [0.2, 0.25) is 11.8 Å². The predicted molar refractivity (Wildman–Crippen MR) is 73.8 cm³/mol. The van der Waals surface area contributed by atoms with E-state index in [1.807, 2.05) is 30.3 Å². The van der Waals surface area contributed by atoms with Crippen molar-refractivity contribution in [3.05, 3.63) is 35.9 Å². The number of hydrogen-bond donors (Lipinski definition) is 3. The predicted octanol–water partition coefficient (Wildman–Crippen LogP) is -0.256. The molecule has 0 aromatic heterocycles. The number of nitrogens with one attached hydrogen (secondary N) is 2. The van der Waals surface area contributed by atoms with Gasteiger partial charge >= 0.3 is 0 Å². The van der Waals surface area contributed by atoms with Crippen LogP contribution < -0.4 is 16.5 Å². The van der Waals surface area contributed by atoms with Crippen LogP contribution in [0.15, 0.2) is 35.4 Å². The number of benzene rings is 1. The third kappa shape index (κ3) is 2.08. The summed E-state index contributed by atoms with van der Waals surface area (Å²) in [6.07, 6.45) is 0.930. The lowest BCUT2D eigenvalue weighted by molar-refractivity contribution is -0.130. The number of nitrogens with zero attached hydrogens (tertiary/aromatic N) is 1. The molecule has 104 valence electrons. The highest BCUT2D eigenvalue weighted by Gasteiger charge is 2.49. The number of amides is 2. The van der Waals surface area contributed by atoms with Crippen molar-refractivity contribution >= 4 is 17.5 Å². The molecule has 2 aliphatic heterocycles. The summed E-state index contributed by atoms with van der Waals surface area (Å²) in [5, 5.41) is 7.17. The van der Waals surface area contributed by atoms with E-state index in [4.69, 9.17) is 5.73 Å². The van der Waals surface area contributed by atoms with E-state index in [0.29, 0.717) is 19.4 Å². The molecule has 3 rings (SSSR count). The molecule has 0 bridgehead atoms. The summed E-state index contributed by atoms with van der Waals surface area (Å²) >= 11 is 0. The Morgan fingerprint density at radius 2 is 2.10 bits per heavy atom. The van der Waals surface area contributed by atoms with Gasteiger partial charge in [-0.25, -0.2) is 5.43 Å². The zero-order valence-corrected chi connectivity index (χ0v) is 10.9. The van der Waals surface area contributed by atoms with Gasteiger partial charge in [-0.05, 0) is 12.0 Å². The number of carbonyl (C=O) groups is 2. The van der Waals surface area contributed by atoms with Crippen molar-refractivity contribution in [1.82, 2.24) is 10.7 Å². The molecule has 1 spiro atoms. The largest absolute Gasteiger partial charge is 0.368 e. The summed E-state index contributed by atoms with van der Waals surface area (Å²) in [6, 6.07) is 9.26. The summed E-state index contributed by atoms with van der Waals surface area (Å²) in [6.45, 7) is 0.443. The number of hydrazone groups is 1. The van der Waals surface area contributed by atoms with E-state index in [-0.39, 0.29) is 5.91 Å². The van der Waals surface area contributed by atoms with Crippen LogP contribution in [-0.2, 0) is 9.59 Å². The van der Waals surface area contributed by atoms with Crippen LogP contribution in [0.25, 0.3) is 0 Å². The minimum atomic E-state index is -0.632. The number of hydrogen-bond acceptors (Lipinski definition) is 4. The molecule has 6 heteroatoms. The molecule has 1 fully saturated rings. The Morgan fingerprint density at radius 1 is 1.35 bits per heavy atom. The fourth-order valence-electron chi connectivity index (χ4n) is 2.84. The van der Waals surface area contributed by atoms with Crippen LogP contribution in [0.2, 0.25) is 0 Å². The Morgan fingerprint density at radius 3 is 2.75 bits per heavy atom. The average Bonchev–Trinajstić information content (AvgIpc) is 2.88. The highest BCUT2D eigenvalue weighted by Crippen LogP contribution is 2.36. The quantitative estimate of drug-likeness (QED) is 0.692. The molecule has 1 aromatic carbocycles. The van der Waals surface area contributed by atoms with Crippen LogP contribution >= 0.6 is 0 Å². The van der Waals surface area contributed by atoms with Crippen molar-refractivity contribution in [2.75, 3.05) is 6.54 Å². The molecule has 0 radical (unpaired) electrons. The summed E-state index contributed by atoms with van der Waals surface area (Å²) in [5.74, 6) is -0.563. The maximum atomic E-state index is 12.2. The van der Waals surface area contributed by atoms with Crippen molar-refractivity contribution in [3.8, 4) is 0 Å². The number of primary amides is 1. The smallest absolute Gasteiger partial charge is 0.248 e. The van der Waals surface area contributed by atoms with E-state index in [1.165, 1.54) is 0 Å². The second-order valence-corrected chi connectivity index (χ2v) is 5.36. The lowest BCUT2D eigenvalue weighted by atomic mass is 9.77. The zero-order chi connectivity index (χ0) is 14.2. The van der Waals surface area contributed by atoms with E-state index in [0.717, 1.165) is 11.3 Å². The third-order valence-electron chi connectivity index (χ3n) is 4.01. The van der Waals surface area contributed by atoms with Crippen molar-refractivity contribution in [2.24, 2.45) is 16.3 Å². The van der Waals surface area contributed by atoms with E-state index >= 15 is 0 Å². The van der Waals surface area contributed by atoms with Gasteiger partial charge in [0, 0.05) is 13.0 Å². The van der Waals surface area contributed by atoms with Gasteiger partial charge in [0.25, 0.3) is 0 Å². The van der Waals surface area contributed by atoms with Crippen LogP contribution in [0.1, 0.15) is 18.4 Å². The maximum Gasteiger partial charge on any atom is 0.248 e. The Kier molecular flexibility index (Phi) is 3.02. The first-order valence-corrected chi connectivity index (χ1v) is 6.56. The second kappa shape index (κ2) is 4.72. The van der Waals surface area contributed by atoms with Crippen LogP contribution in [0.4, 0.5) is 0 Å². The molecule has 0 saturated carbocycles. The first-order valence-electron chi connectivity index (χ1n) is 6.56. The minimum absolute atomic E-state index is 0.145. The summed E-state index contributed by atoms with van der Waals surface area (Å²) in [7, 11) is 0. The Labute approximate surface area is 116 Å². The summed E-state index contributed by atoms with van der Waals surface area (Å²) in [4.78, 5) is 23.4. The van der Waals surface area contributed by atoms with Gasteiger partial charge in [-0.2, -0.15) is 5.10 Å². The van der Waals surface area contributed by atoms with Crippen LogP contribution in [0.3, 0.4) is 0 Å². The number of nitrogens with two attached hydrogens (primary N) is 1. The lowest BCUT2D eigenvalue weighted by Gasteiger charge is -2.30. The van der Waals surface area contributed by atoms with Crippen molar-refractivity contribution in [2.45, 2.75) is 18.9 Å². The minimum Gasteiger partial charge on any atom is -0.368 e. The first kappa shape index (κ1) is 12.8. The molecular formula is C14H16N4O2. The van der Waals surface area contributed by atoms with Crippen molar-refractivity contribution < 1.29 is 9.59 Å². The number of rotatable bonds is 2. The van der Waals surface area contributed by atoms with E-state index in [1.54, 1.807) is 0 Å². The fraction of sp³-hybridized carbons (Fsp3) is 0.357. The van der Waals surface area contributed by atoms with Crippen molar-refractivity contribution in [3.63, 3.8) is 0 Å². The molecule has 1 aromatic rings. The normalized spacial score (nSPS) is 29.1. The van der Waals surface area contributed by atoms with Gasteiger partial charge in [-0.3, -0.25) is 9.59 Å².